The zero-order valence-corrected chi connectivity index (χ0v) is 12.4. The fourth-order valence-electron chi connectivity index (χ4n) is 2.60. The standard InChI is InChI=1S/C16H26FN/c1-6-8-18-9-7-16(4,5)15-13(3)10-12(2)11-14(15)17/h10-11,18H,6-9H2,1-5H3. The topological polar surface area (TPSA) is 12.0 Å². The highest BCUT2D eigenvalue weighted by Crippen LogP contribution is 2.32. The first kappa shape index (κ1) is 15.2. The molecule has 0 bridgehead atoms. The molecule has 0 heterocycles. The molecule has 0 aromatic heterocycles. The Hall–Kier alpha value is -0.890. The van der Waals surface area contributed by atoms with E-state index in [1.54, 1.807) is 6.07 Å². The summed E-state index contributed by atoms with van der Waals surface area (Å²) in [7, 11) is 0. The summed E-state index contributed by atoms with van der Waals surface area (Å²) in [5.74, 6) is -0.0620. The van der Waals surface area contributed by atoms with Crippen LogP contribution in [0.5, 0.6) is 0 Å². The van der Waals surface area contributed by atoms with E-state index in [9.17, 15) is 4.39 Å². The van der Waals surface area contributed by atoms with E-state index < -0.39 is 0 Å². The minimum absolute atomic E-state index is 0.0620. The van der Waals surface area contributed by atoms with Gasteiger partial charge in [0, 0.05) is 0 Å². The van der Waals surface area contributed by atoms with Crippen LogP contribution in [-0.2, 0) is 5.41 Å². The molecule has 1 rings (SSSR count). The minimum Gasteiger partial charge on any atom is -0.317 e. The molecule has 1 aromatic carbocycles. The number of benzene rings is 1. The Kier molecular flexibility index (Phi) is 5.33. The van der Waals surface area contributed by atoms with Gasteiger partial charge in [0.1, 0.15) is 5.82 Å². The van der Waals surface area contributed by atoms with Crippen molar-refractivity contribution in [1.82, 2.24) is 5.32 Å². The van der Waals surface area contributed by atoms with Crippen LogP contribution in [-0.4, -0.2) is 13.1 Å². The van der Waals surface area contributed by atoms with Gasteiger partial charge in [0.05, 0.1) is 0 Å². The van der Waals surface area contributed by atoms with Gasteiger partial charge in [-0.05, 0) is 68.0 Å². The summed E-state index contributed by atoms with van der Waals surface area (Å²) in [4.78, 5) is 0. The third kappa shape index (κ3) is 3.81. The molecule has 2 heteroatoms. The van der Waals surface area contributed by atoms with E-state index in [1.807, 2.05) is 13.8 Å². The van der Waals surface area contributed by atoms with E-state index in [2.05, 4.69) is 32.2 Å². The van der Waals surface area contributed by atoms with Gasteiger partial charge in [-0.1, -0.05) is 26.8 Å². The predicted octanol–water partition coefficient (Wildman–Crippen LogP) is 4.11. The summed E-state index contributed by atoms with van der Waals surface area (Å²) in [5, 5.41) is 3.39. The van der Waals surface area contributed by atoms with Crippen LogP contribution in [0.15, 0.2) is 12.1 Å². The van der Waals surface area contributed by atoms with Gasteiger partial charge in [-0.3, -0.25) is 0 Å². The zero-order chi connectivity index (χ0) is 13.8. The van der Waals surface area contributed by atoms with Gasteiger partial charge in [0.15, 0.2) is 0 Å². The molecule has 0 aliphatic carbocycles. The van der Waals surface area contributed by atoms with Crippen LogP contribution in [0.25, 0.3) is 0 Å². The van der Waals surface area contributed by atoms with Gasteiger partial charge in [-0.25, -0.2) is 4.39 Å². The van der Waals surface area contributed by atoms with Gasteiger partial charge in [-0.2, -0.15) is 0 Å². The van der Waals surface area contributed by atoms with Crippen LogP contribution in [0, 0.1) is 19.7 Å². The van der Waals surface area contributed by atoms with E-state index in [0.29, 0.717) is 0 Å². The summed E-state index contributed by atoms with van der Waals surface area (Å²) in [6, 6.07) is 3.71. The summed E-state index contributed by atoms with van der Waals surface area (Å²) in [6.07, 6.45) is 2.09. The van der Waals surface area contributed by atoms with Crippen LogP contribution in [0.4, 0.5) is 4.39 Å². The van der Waals surface area contributed by atoms with Crippen molar-refractivity contribution in [3.05, 3.63) is 34.6 Å². The van der Waals surface area contributed by atoms with Crippen molar-refractivity contribution in [2.45, 2.75) is 52.9 Å². The van der Waals surface area contributed by atoms with Crippen molar-refractivity contribution in [2.75, 3.05) is 13.1 Å². The maximum Gasteiger partial charge on any atom is 0.127 e. The molecule has 0 radical (unpaired) electrons. The molecule has 0 atom stereocenters. The van der Waals surface area contributed by atoms with E-state index in [1.165, 1.54) is 0 Å². The lowest BCUT2D eigenvalue weighted by molar-refractivity contribution is 0.431. The molecular weight excluding hydrogens is 225 g/mol. The molecule has 0 aliphatic rings. The maximum atomic E-state index is 14.2. The first-order valence-electron chi connectivity index (χ1n) is 6.86. The summed E-state index contributed by atoms with van der Waals surface area (Å²) < 4.78 is 14.2. The fraction of sp³-hybridized carbons (Fsp3) is 0.625. The second kappa shape index (κ2) is 6.33. The lowest BCUT2D eigenvalue weighted by Gasteiger charge is -2.28. The molecule has 1 nitrogen and oxygen atoms in total. The van der Waals surface area contributed by atoms with E-state index >= 15 is 0 Å². The molecule has 0 aliphatic heterocycles. The van der Waals surface area contributed by atoms with Crippen molar-refractivity contribution < 1.29 is 4.39 Å². The average molecular weight is 251 g/mol. The number of rotatable bonds is 6. The Balaban J connectivity index is 2.84. The fourth-order valence-corrected chi connectivity index (χ4v) is 2.60. The van der Waals surface area contributed by atoms with Crippen molar-refractivity contribution in [2.24, 2.45) is 0 Å². The Morgan fingerprint density at radius 1 is 1.17 bits per heavy atom. The van der Waals surface area contributed by atoms with Gasteiger partial charge >= 0.3 is 0 Å². The molecule has 0 unspecified atom stereocenters. The largest absolute Gasteiger partial charge is 0.317 e. The molecular formula is C16H26FN. The number of hydrogen-bond donors (Lipinski definition) is 1. The van der Waals surface area contributed by atoms with Crippen LogP contribution in [0.2, 0.25) is 0 Å². The maximum absolute atomic E-state index is 14.2. The molecule has 18 heavy (non-hydrogen) atoms. The molecule has 1 aromatic rings. The van der Waals surface area contributed by atoms with E-state index in [0.717, 1.165) is 42.6 Å². The Labute approximate surface area is 111 Å². The number of hydrogen-bond acceptors (Lipinski definition) is 1. The lowest BCUT2D eigenvalue weighted by Crippen LogP contribution is -2.27. The first-order chi connectivity index (χ1) is 8.38. The highest BCUT2D eigenvalue weighted by atomic mass is 19.1. The lowest BCUT2D eigenvalue weighted by atomic mass is 9.78. The summed E-state index contributed by atoms with van der Waals surface area (Å²) >= 11 is 0. The monoisotopic (exact) mass is 251 g/mol. The molecule has 0 amide bonds. The molecule has 102 valence electrons. The Morgan fingerprint density at radius 3 is 2.39 bits per heavy atom. The molecule has 0 fully saturated rings. The number of aryl methyl sites for hydroxylation is 2. The van der Waals surface area contributed by atoms with Crippen LogP contribution < -0.4 is 5.32 Å². The van der Waals surface area contributed by atoms with E-state index in [-0.39, 0.29) is 11.2 Å². The van der Waals surface area contributed by atoms with Crippen LogP contribution in [0.1, 0.15) is 50.3 Å². The Bertz CT molecular complexity index is 373. The van der Waals surface area contributed by atoms with Gasteiger partial charge in [0.2, 0.25) is 0 Å². The predicted molar refractivity (Wildman–Crippen MR) is 76.7 cm³/mol. The van der Waals surface area contributed by atoms with E-state index in [4.69, 9.17) is 0 Å². The Morgan fingerprint density at radius 2 is 1.83 bits per heavy atom. The van der Waals surface area contributed by atoms with Crippen molar-refractivity contribution in [3.8, 4) is 0 Å². The normalized spacial score (nSPS) is 11.9. The number of halogens is 1. The zero-order valence-electron chi connectivity index (χ0n) is 12.4. The smallest absolute Gasteiger partial charge is 0.127 e. The third-order valence-corrected chi connectivity index (χ3v) is 3.46. The average Bonchev–Trinajstić information content (AvgIpc) is 2.22. The van der Waals surface area contributed by atoms with Crippen LogP contribution >= 0.6 is 0 Å². The highest BCUT2D eigenvalue weighted by Gasteiger charge is 2.25. The molecule has 0 saturated carbocycles. The highest BCUT2D eigenvalue weighted by molar-refractivity contribution is 5.37. The molecule has 0 saturated heterocycles. The van der Waals surface area contributed by atoms with Gasteiger partial charge in [0.25, 0.3) is 0 Å². The minimum atomic E-state index is -0.122. The quantitative estimate of drug-likeness (QED) is 0.750. The second-order valence-corrected chi connectivity index (χ2v) is 5.82. The third-order valence-electron chi connectivity index (χ3n) is 3.46. The second-order valence-electron chi connectivity index (χ2n) is 5.82. The number of nitrogens with one attached hydrogen (secondary N) is 1. The van der Waals surface area contributed by atoms with Crippen molar-refractivity contribution in [3.63, 3.8) is 0 Å². The first-order valence-corrected chi connectivity index (χ1v) is 6.86. The molecule has 0 spiro atoms. The molecule has 1 N–H and O–H groups in total. The summed E-state index contributed by atoms with van der Waals surface area (Å²) in [6.45, 7) is 12.3. The van der Waals surface area contributed by atoms with Gasteiger partial charge < -0.3 is 5.32 Å². The van der Waals surface area contributed by atoms with Crippen molar-refractivity contribution >= 4 is 0 Å². The summed E-state index contributed by atoms with van der Waals surface area (Å²) in [5.41, 5.74) is 2.80. The van der Waals surface area contributed by atoms with Crippen LogP contribution in [0.3, 0.4) is 0 Å². The SMILES string of the molecule is CCCNCCC(C)(C)c1c(C)cc(C)cc1F. The van der Waals surface area contributed by atoms with Gasteiger partial charge in [-0.15, -0.1) is 0 Å². The van der Waals surface area contributed by atoms with Crippen molar-refractivity contribution in [1.29, 1.82) is 0 Å².